The maximum Gasteiger partial charge on any atom is 0.411 e. The van der Waals surface area contributed by atoms with Crippen LogP contribution in [0.15, 0.2) is 24.5 Å². The first-order valence-electron chi connectivity index (χ1n) is 10.1. The van der Waals surface area contributed by atoms with Crippen LogP contribution < -0.4 is 5.32 Å². The molecule has 2 aliphatic rings. The van der Waals surface area contributed by atoms with Gasteiger partial charge in [0.1, 0.15) is 17.7 Å². The Morgan fingerprint density at radius 2 is 2.07 bits per heavy atom. The van der Waals surface area contributed by atoms with Crippen LogP contribution in [0.5, 0.6) is 0 Å². The predicted octanol–water partition coefficient (Wildman–Crippen LogP) is 1.70. The molecule has 2 saturated heterocycles. The third-order valence-electron chi connectivity index (χ3n) is 5.16. The number of hydrogen-bond acceptors (Lipinski definition) is 6. The van der Waals surface area contributed by atoms with E-state index < -0.39 is 29.8 Å². The van der Waals surface area contributed by atoms with Gasteiger partial charge in [-0.1, -0.05) is 0 Å². The maximum atomic E-state index is 13.2. The van der Waals surface area contributed by atoms with Crippen LogP contribution in [0.25, 0.3) is 0 Å². The Morgan fingerprint density at radius 1 is 1.30 bits per heavy atom. The van der Waals surface area contributed by atoms with E-state index in [1.165, 1.54) is 16.0 Å². The molecule has 1 N–H and O–H groups in total. The summed E-state index contributed by atoms with van der Waals surface area (Å²) >= 11 is 0. The van der Waals surface area contributed by atoms with Gasteiger partial charge in [0.15, 0.2) is 0 Å². The van der Waals surface area contributed by atoms with E-state index >= 15 is 0 Å². The zero-order valence-electron chi connectivity index (χ0n) is 17.5. The highest BCUT2D eigenvalue weighted by Gasteiger charge is 2.45. The van der Waals surface area contributed by atoms with Crippen LogP contribution in [0.1, 0.15) is 50.4 Å². The summed E-state index contributed by atoms with van der Waals surface area (Å²) in [5.74, 6) is -0.593. The zero-order valence-corrected chi connectivity index (χ0v) is 17.5. The van der Waals surface area contributed by atoms with Crippen LogP contribution in [-0.2, 0) is 9.53 Å². The van der Waals surface area contributed by atoms with Gasteiger partial charge in [0.2, 0.25) is 5.91 Å². The van der Waals surface area contributed by atoms with E-state index in [0.29, 0.717) is 18.5 Å². The van der Waals surface area contributed by atoms with Gasteiger partial charge >= 0.3 is 6.09 Å². The Hall–Kier alpha value is -3.15. The molecule has 160 valence electrons. The average molecular weight is 413 g/mol. The second-order valence-electron chi connectivity index (χ2n) is 8.62. The lowest BCUT2D eigenvalue weighted by Gasteiger charge is -2.30. The number of amides is 3. The number of nitriles is 1. The number of ether oxygens (including phenoxy) is 1. The quantitative estimate of drug-likeness (QED) is 0.806. The molecule has 2 fully saturated rings. The summed E-state index contributed by atoms with van der Waals surface area (Å²) < 4.78 is 5.48. The minimum absolute atomic E-state index is 0.155. The molecule has 3 atom stereocenters. The lowest BCUT2D eigenvalue weighted by atomic mass is 10.1. The van der Waals surface area contributed by atoms with E-state index in [1.807, 2.05) is 0 Å². The molecule has 0 aromatic carbocycles. The molecule has 1 aromatic rings. The van der Waals surface area contributed by atoms with Crippen LogP contribution >= 0.6 is 0 Å². The van der Waals surface area contributed by atoms with E-state index in [-0.39, 0.29) is 24.8 Å². The summed E-state index contributed by atoms with van der Waals surface area (Å²) in [6.07, 6.45) is 4.07. The van der Waals surface area contributed by atoms with Gasteiger partial charge in [-0.2, -0.15) is 5.26 Å². The van der Waals surface area contributed by atoms with Crippen molar-refractivity contribution in [2.75, 3.05) is 13.1 Å². The van der Waals surface area contributed by atoms with Gasteiger partial charge in [-0.05, 0) is 52.2 Å². The van der Waals surface area contributed by atoms with Crippen molar-refractivity contribution in [3.8, 4) is 6.07 Å². The number of likely N-dealkylation sites (tertiary alicyclic amines) is 2. The van der Waals surface area contributed by atoms with Gasteiger partial charge in [-0.15, -0.1) is 0 Å². The number of aromatic nitrogens is 1. The fourth-order valence-electron chi connectivity index (χ4n) is 3.82. The number of nitrogens with one attached hydrogen (secondary N) is 1. The molecule has 9 heteroatoms. The van der Waals surface area contributed by atoms with Gasteiger partial charge in [-0.25, -0.2) is 4.79 Å². The third-order valence-corrected chi connectivity index (χ3v) is 5.16. The summed E-state index contributed by atoms with van der Waals surface area (Å²) in [5, 5.41) is 12.2. The van der Waals surface area contributed by atoms with Crippen LogP contribution in [0.3, 0.4) is 0 Å². The standard InChI is InChI=1S/C21H27N5O4/c1-21(2,3)30-20(29)26-13-15(24-18(27)14-6-4-8-23-12-14)10-17(26)19(28)25-9-5-7-16(25)11-22/h4,6,8,12,15-17H,5,7,9-10,13H2,1-3H3,(H,24,27)/t15-,16-,17-/m0/s1. The molecular weight excluding hydrogens is 386 g/mol. The summed E-state index contributed by atoms with van der Waals surface area (Å²) in [6.45, 7) is 5.91. The molecule has 1 aromatic heterocycles. The number of carbonyl (C=O) groups excluding carboxylic acids is 3. The highest BCUT2D eigenvalue weighted by molar-refractivity contribution is 5.94. The molecular formula is C21H27N5O4. The van der Waals surface area contributed by atoms with Crippen LogP contribution in [0.2, 0.25) is 0 Å². The molecule has 0 unspecified atom stereocenters. The van der Waals surface area contributed by atoms with E-state index in [2.05, 4.69) is 16.4 Å². The molecule has 0 radical (unpaired) electrons. The fourth-order valence-corrected chi connectivity index (χ4v) is 3.82. The van der Waals surface area contributed by atoms with Crippen molar-refractivity contribution in [3.05, 3.63) is 30.1 Å². The Kier molecular flexibility index (Phi) is 6.25. The smallest absolute Gasteiger partial charge is 0.411 e. The van der Waals surface area contributed by atoms with Crippen LogP contribution in [0.4, 0.5) is 4.79 Å². The molecule has 3 rings (SSSR count). The Morgan fingerprint density at radius 3 is 2.70 bits per heavy atom. The van der Waals surface area contributed by atoms with Gasteiger partial charge in [0, 0.05) is 31.5 Å². The maximum absolute atomic E-state index is 13.2. The van der Waals surface area contributed by atoms with E-state index in [9.17, 15) is 19.6 Å². The number of carbonyl (C=O) groups is 3. The van der Waals surface area contributed by atoms with Gasteiger partial charge in [0.25, 0.3) is 5.91 Å². The average Bonchev–Trinajstić information content (AvgIpc) is 3.33. The second-order valence-corrected chi connectivity index (χ2v) is 8.62. The lowest BCUT2D eigenvalue weighted by molar-refractivity contribution is -0.135. The Bertz CT molecular complexity index is 845. The van der Waals surface area contributed by atoms with Crippen molar-refractivity contribution < 1.29 is 19.1 Å². The van der Waals surface area contributed by atoms with Gasteiger partial charge < -0.3 is 15.0 Å². The van der Waals surface area contributed by atoms with Crippen molar-refractivity contribution in [1.82, 2.24) is 20.1 Å². The van der Waals surface area contributed by atoms with E-state index in [0.717, 1.165) is 6.42 Å². The zero-order chi connectivity index (χ0) is 21.9. The van der Waals surface area contributed by atoms with Crippen LogP contribution in [-0.4, -0.2) is 69.5 Å². The molecule has 0 saturated carbocycles. The highest BCUT2D eigenvalue weighted by atomic mass is 16.6. The fraction of sp³-hybridized carbons (Fsp3) is 0.571. The Balaban J connectivity index is 1.77. The molecule has 9 nitrogen and oxygen atoms in total. The number of pyridine rings is 1. The minimum Gasteiger partial charge on any atom is -0.444 e. The molecule has 0 aliphatic carbocycles. The lowest BCUT2D eigenvalue weighted by Crippen LogP contribution is -2.50. The first kappa shape index (κ1) is 21.6. The second kappa shape index (κ2) is 8.69. The largest absolute Gasteiger partial charge is 0.444 e. The van der Waals surface area contributed by atoms with Crippen molar-refractivity contribution in [2.45, 2.75) is 63.8 Å². The minimum atomic E-state index is -0.784. The molecule has 0 spiro atoms. The van der Waals surface area contributed by atoms with Crippen molar-refractivity contribution >= 4 is 17.9 Å². The monoisotopic (exact) mass is 413 g/mol. The molecule has 3 amide bonds. The van der Waals surface area contributed by atoms with Crippen LogP contribution in [0, 0.1) is 11.3 Å². The van der Waals surface area contributed by atoms with E-state index in [4.69, 9.17) is 4.74 Å². The van der Waals surface area contributed by atoms with Gasteiger partial charge in [-0.3, -0.25) is 19.5 Å². The summed E-state index contributed by atoms with van der Waals surface area (Å²) in [7, 11) is 0. The first-order chi connectivity index (χ1) is 14.2. The third kappa shape index (κ3) is 4.87. The molecule has 2 aliphatic heterocycles. The molecule has 3 heterocycles. The normalized spacial score (nSPS) is 23.7. The number of nitrogens with zero attached hydrogens (tertiary/aromatic N) is 4. The van der Waals surface area contributed by atoms with Crippen molar-refractivity contribution in [3.63, 3.8) is 0 Å². The Labute approximate surface area is 176 Å². The summed E-state index contributed by atoms with van der Waals surface area (Å²) in [4.78, 5) is 45.3. The summed E-state index contributed by atoms with van der Waals surface area (Å²) in [6, 6.07) is 3.79. The number of hydrogen-bond donors (Lipinski definition) is 1. The van der Waals surface area contributed by atoms with E-state index in [1.54, 1.807) is 39.1 Å². The van der Waals surface area contributed by atoms with Crippen molar-refractivity contribution in [1.29, 1.82) is 5.26 Å². The van der Waals surface area contributed by atoms with Crippen molar-refractivity contribution in [2.24, 2.45) is 0 Å². The molecule has 30 heavy (non-hydrogen) atoms. The summed E-state index contributed by atoms with van der Waals surface area (Å²) in [5.41, 5.74) is -0.315. The van der Waals surface area contributed by atoms with Gasteiger partial charge in [0.05, 0.1) is 11.6 Å². The number of rotatable bonds is 3. The topological polar surface area (TPSA) is 116 Å². The highest BCUT2D eigenvalue weighted by Crippen LogP contribution is 2.26. The first-order valence-corrected chi connectivity index (χ1v) is 10.1. The predicted molar refractivity (Wildman–Crippen MR) is 107 cm³/mol. The SMILES string of the molecule is CC(C)(C)OC(=O)N1C[C@@H](NC(=O)c2cccnc2)C[C@H]1C(=O)N1CCC[C@H]1C#N. The molecule has 0 bridgehead atoms.